The number of carboxylic acid groups (broad SMARTS) is 1. The van der Waals surface area contributed by atoms with Gasteiger partial charge in [-0.1, -0.05) is 19.3 Å². The number of hydrogen-bond acceptors (Lipinski definition) is 3. The van der Waals surface area contributed by atoms with Crippen molar-refractivity contribution in [2.45, 2.75) is 38.1 Å². The number of anilines is 1. The number of hydrogen-bond donors (Lipinski definition) is 3. The molecule has 2 rings (SSSR count). The smallest absolute Gasteiger partial charge is 0.335 e. The van der Waals surface area contributed by atoms with Crippen LogP contribution in [0.15, 0.2) is 18.2 Å². The fourth-order valence-corrected chi connectivity index (χ4v) is 2.48. The van der Waals surface area contributed by atoms with Crippen LogP contribution < -0.4 is 11.1 Å². The second-order valence-electron chi connectivity index (χ2n) is 4.91. The number of carboxylic acids is 1. The Morgan fingerprint density at radius 1 is 1.21 bits per heavy atom. The van der Waals surface area contributed by atoms with Gasteiger partial charge in [-0.2, -0.15) is 0 Å². The predicted molar refractivity (Wildman–Crippen MR) is 72.4 cm³/mol. The van der Waals surface area contributed by atoms with Crippen LogP contribution in [0.1, 0.15) is 52.8 Å². The molecule has 0 heterocycles. The van der Waals surface area contributed by atoms with Gasteiger partial charge >= 0.3 is 5.97 Å². The highest BCUT2D eigenvalue weighted by Crippen LogP contribution is 2.24. The number of nitrogens with one attached hydrogen (secondary N) is 1. The Kier molecular flexibility index (Phi) is 4.04. The van der Waals surface area contributed by atoms with Crippen LogP contribution in [0.3, 0.4) is 0 Å². The van der Waals surface area contributed by atoms with Gasteiger partial charge in [-0.25, -0.2) is 4.79 Å². The van der Waals surface area contributed by atoms with Crippen molar-refractivity contribution >= 4 is 17.6 Å². The summed E-state index contributed by atoms with van der Waals surface area (Å²) in [6.45, 7) is 0. The zero-order valence-corrected chi connectivity index (χ0v) is 10.7. The van der Waals surface area contributed by atoms with E-state index < -0.39 is 11.9 Å². The molecule has 0 unspecified atom stereocenters. The van der Waals surface area contributed by atoms with Crippen LogP contribution in [-0.4, -0.2) is 23.0 Å². The van der Waals surface area contributed by atoms with Crippen molar-refractivity contribution in [3.05, 3.63) is 29.3 Å². The third kappa shape index (κ3) is 3.24. The number of aromatic carboxylic acids is 1. The molecule has 0 radical (unpaired) electrons. The van der Waals surface area contributed by atoms with Crippen molar-refractivity contribution in [3.63, 3.8) is 0 Å². The first-order valence-electron chi connectivity index (χ1n) is 6.51. The van der Waals surface area contributed by atoms with Crippen LogP contribution >= 0.6 is 0 Å². The Hall–Kier alpha value is -2.04. The van der Waals surface area contributed by atoms with Gasteiger partial charge < -0.3 is 16.2 Å². The van der Waals surface area contributed by atoms with Gasteiger partial charge in [0.05, 0.1) is 11.1 Å². The summed E-state index contributed by atoms with van der Waals surface area (Å²) in [5.41, 5.74) is 6.35. The number of rotatable bonds is 4. The lowest BCUT2D eigenvalue weighted by Gasteiger charge is -2.25. The minimum atomic E-state index is -1.01. The van der Waals surface area contributed by atoms with Crippen molar-refractivity contribution in [2.75, 3.05) is 5.32 Å². The Bertz CT molecular complexity index is 493. The quantitative estimate of drug-likeness (QED) is 0.775. The van der Waals surface area contributed by atoms with Crippen LogP contribution in [0.2, 0.25) is 0 Å². The van der Waals surface area contributed by atoms with Crippen LogP contribution in [-0.2, 0) is 0 Å². The summed E-state index contributed by atoms with van der Waals surface area (Å²) in [5.74, 6) is -1.56. The lowest BCUT2D eigenvalue weighted by molar-refractivity contribution is 0.0696. The van der Waals surface area contributed by atoms with E-state index in [1.165, 1.54) is 24.6 Å². The van der Waals surface area contributed by atoms with E-state index >= 15 is 0 Å². The van der Waals surface area contributed by atoms with Crippen LogP contribution in [0.5, 0.6) is 0 Å². The highest BCUT2D eigenvalue weighted by atomic mass is 16.4. The summed E-state index contributed by atoms with van der Waals surface area (Å²) in [6, 6.07) is 4.64. The molecule has 0 spiro atoms. The fourth-order valence-electron chi connectivity index (χ4n) is 2.48. The van der Waals surface area contributed by atoms with Gasteiger partial charge in [0.1, 0.15) is 0 Å². The lowest BCUT2D eigenvalue weighted by atomic mass is 9.95. The molecule has 0 aliphatic heterocycles. The zero-order chi connectivity index (χ0) is 13.8. The van der Waals surface area contributed by atoms with E-state index in [0.29, 0.717) is 11.3 Å². The second kappa shape index (κ2) is 5.73. The highest BCUT2D eigenvalue weighted by Gasteiger charge is 2.17. The highest BCUT2D eigenvalue weighted by molar-refractivity contribution is 6.00. The van der Waals surface area contributed by atoms with E-state index in [9.17, 15) is 9.59 Å². The monoisotopic (exact) mass is 262 g/mol. The molecule has 1 amide bonds. The molecule has 0 bridgehead atoms. The lowest BCUT2D eigenvalue weighted by Crippen LogP contribution is -2.25. The SMILES string of the molecule is NC(=O)c1ccc(C(=O)O)cc1NC1CCCCC1. The van der Waals surface area contributed by atoms with E-state index in [2.05, 4.69) is 5.32 Å². The Morgan fingerprint density at radius 3 is 2.47 bits per heavy atom. The van der Waals surface area contributed by atoms with Gasteiger partial charge in [-0.3, -0.25) is 4.79 Å². The number of carbonyl (C=O) groups is 2. The first-order chi connectivity index (χ1) is 9.08. The molecule has 1 aliphatic rings. The Morgan fingerprint density at radius 2 is 1.89 bits per heavy atom. The first kappa shape index (κ1) is 13.4. The number of primary amides is 1. The normalized spacial score (nSPS) is 16.0. The molecule has 5 nitrogen and oxygen atoms in total. The summed E-state index contributed by atoms with van der Waals surface area (Å²) in [6.07, 6.45) is 5.62. The van der Waals surface area contributed by atoms with Gasteiger partial charge in [-0.15, -0.1) is 0 Å². The third-order valence-electron chi connectivity index (χ3n) is 3.50. The minimum absolute atomic E-state index is 0.156. The van der Waals surface area contributed by atoms with Crippen LogP contribution in [0.25, 0.3) is 0 Å². The molecular weight excluding hydrogens is 244 g/mol. The van der Waals surface area contributed by atoms with Crippen molar-refractivity contribution in [3.8, 4) is 0 Å². The van der Waals surface area contributed by atoms with E-state index in [1.807, 2.05) is 0 Å². The van der Waals surface area contributed by atoms with Gasteiger partial charge in [0.15, 0.2) is 0 Å². The number of nitrogens with two attached hydrogens (primary N) is 1. The number of carbonyl (C=O) groups excluding carboxylic acids is 1. The van der Waals surface area contributed by atoms with Crippen LogP contribution in [0, 0.1) is 0 Å². The molecule has 102 valence electrons. The minimum Gasteiger partial charge on any atom is -0.478 e. The first-order valence-corrected chi connectivity index (χ1v) is 6.51. The predicted octanol–water partition coefficient (Wildman–Crippen LogP) is 2.23. The fraction of sp³-hybridized carbons (Fsp3) is 0.429. The topological polar surface area (TPSA) is 92.4 Å². The summed E-state index contributed by atoms with van der Waals surface area (Å²) >= 11 is 0. The molecule has 5 heteroatoms. The van der Waals surface area contributed by atoms with E-state index in [1.54, 1.807) is 0 Å². The van der Waals surface area contributed by atoms with Crippen molar-refractivity contribution < 1.29 is 14.7 Å². The maximum absolute atomic E-state index is 11.4. The zero-order valence-electron chi connectivity index (χ0n) is 10.7. The average molecular weight is 262 g/mol. The summed E-state index contributed by atoms with van der Waals surface area (Å²) < 4.78 is 0. The molecule has 1 aromatic rings. The largest absolute Gasteiger partial charge is 0.478 e. The Labute approximate surface area is 111 Å². The van der Waals surface area contributed by atoms with Crippen molar-refractivity contribution in [2.24, 2.45) is 5.73 Å². The second-order valence-corrected chi connectivity index (χ2v) is 4.91. The number of amides is 1. The molecule has 19 heavy (non-hydrogen) atoms. The van der Waals surface area contributed by atoms with Gasteiger partial charge in [0.2, 0.25) is 0 Å². The number of benzene rings is 1. The maximum Gasteiger partial charge on any atom is 0.335 e. The molecule has 1 aliphatic carbocycles. The standard InChI is InChI=1S/C14H18N2O3/c15-13(17)11-7-6-9(14(18)19)8-12(11)16-10-4-2-1-3-5-10/h6-8,10,16H,1-5H2,(H2,15,17)(H,18,19). The van der Waals surface area contributed by atoms with E-state index in [-0.39, 0.29) is 11.6 Å². The van der Waals surface area contributed by atoms with Gasteiger partial charge in [0, 0.05) is 11.7 Å². The van der Waals surface area contributed by atoms with Crippen molar-refractivity contribution in [1.29, 1.82) is 0 Å². The molecule has 1 aromatic carbocycles. The third-order valence-corrected chi connectivity index (χ3v) is 3.50. The average Bonchev–Trinajstić information content (AvgIpc) is 2.39. The van der Waals surface area contributed by atoms with E-state index in [4.69, 9.17) is 10.8 Å². The van der Waals surface area contributed by atoms with Gasteiger partial charge in [0.25, 0.3) is 5.91 Å². The molecule has 0 atom stereocenters. The Balaban J connectivity index is 2.26. The molecule has 1 fully saturated rings. The molecule has 0 saturated heterocycles. The maximum atomic E-state index is 11.4. The molecular formula is C14H18N2O3. The molecule has 4 N–H and O–H groups in total. The van der Waals surface area contributed by atoms with E-state index in [0.717, 1.165) is 25.7 Å². The van der Waals surface area contributed by atoms with Gasteiger partial charge in [-0.05, 0) is 31.0 Å². The summed E-state index contributed by atoms with van der Waals surface area (Å²) in [4.78, 5) is 22.4. The summed E-state index contributed by atoms with van der Waals surface area (Å²) in [5, 5.41) is 12.3. The molecule has 1 saturated carbocycles. The summed E-state index contributed by atoms with van der Waals surface area (Å²) in [7, 11) is 0. The molecule has 0 aromatic heterocycles. The van der Waals surface area contributed by atoms with Crippen molar-refractivity contribution in [1.82, 2.24) is 0 Å². The van der Waals surface area contributed by atoms with Crippen LogP contribution in [0.4, 0.5) is 5.69 Å².